The van der Waals surface area contributed by atoms with Gasteiger partial charge in [-0.1, -0.05) is 13.8 Å². The van der Waals surface area contributed by atoms with E-state index in [1.54, 1.807) is 11.3 Å². The molecule has 1 aliphatic rings. The van der Waals surface area contributed by atoms with Crippen LogP contribution in [0, 0.1) is 0 Å². The first kappa shape index (κ1) is 15.9. The van der Waals surface area contributed by atoms with Crippen LogP contribution in [0.15, 0.2) is 11.7 Å². The zero-order chi connectivity index (χ0) is 14.2. The molecule has 1 N–H and O–H groups in total. The van der Waals surface area contributed by atoms with E-state index < -0.39 is 0 Å². The summed E-state index contributed by atoms with van der Waals surface area (Å²) in [7, 11) is 0. The normalized spacial score (nSPS) is 22.0. The Kier molecular flexibility index (Phi) is 6.93. The maximum absolute atomic E-state index is 6.04. The maximum atomic E-state index is 6.04. The minimum absolute atomic E-state index is 0.295. The second-order valence-corrected chi connectivity index (χ2v) is 6.41. The van der Waals surface area contributed by atoms with E-state index in [1.165, 1.54) is 17.8 Å². The van der Waals surface area contributed by atoms with Crippen LogP contribution >= 0.6 is 11.3 Å². The van der Waals surface area contributed by atoms with Gasteiger partial charge in [-0.15, -0.1) is 11.3 Å². The van der Waals surface area contributed by atoms with Crippen molar-refractivity contribution in [2.24, 2.45) is 0 Å². The molecule has 2 atom stereocenters. The number of rotatable bonds is 8. The van der Waals surface area contributed by atoms with Crippen molar-refractivity contribution in [3.05, 3.63) is 16.6 Å². The van der Waals surface area contributed by atoms with Gasteiger partial charge in [0.1, 0.15) is 0 Å². The molecule has 2 heterocycles. The van der Waals surface area contributed by atoms with Gasteiger partial charge in [-0.05, 0) is 25.9 Å². The molecule has 2 rings (SSSR count). The number of hydrogen-bond acceptors (Lipinski definition) is 5. The lowest BCUT2D eigenvalue weighted by atomic mass is 10.0. The van der Waals surface area contributed by atoms with E-state index in [-0.39, 0.29) is 0 Å². The molecule has 1 aromatic rings. The van der Waals surface area contributed by atoms with Crippen LogP contribution in [0.1, 0.15) is 31.6 Å². The van der Waals surface area contributed by atoms with Crippen molar-refractivity contribution in [3.63, 3.8) is 0 Å². The van der Waals surface area contributed by atoms with Crippen molar-refractivity contribution >= 4 is 11.3 Å². The lowest BCUT2D eigenvalue weighted by Gasteiger charge is -2.37. The average Bonchev–Trinajstić information content (AvgIpc) is 2.97. The Morgan fingerprint density at radius 2 is 2.40 bits per heavy atom. The molecule has 0 bridgehead atoms. The second-order valence-electron chi connectivity index (χ2n) is 5.44. The molecule has 1 aromatic heterocycles. The van der Waals surface area contributed by atoms with Crippen LogP contribution in [0.25, 0.3) is 0 Å². The molecular formula is C15H27N3OS. The van der Waals surface area contributed by atoms with E-state index >= 15 is 0 Å². The summed E-state index contributed by atoms with van der Waals surface area (Å²) >= 11 is 1.74. The minimum Gasteiger partial charge on any atom is -0.374 e. The van der Waals surface area contributed by atoms with E-state index in [0.717, 1.165) is 39.1 Å². The van der Waals surface area contributed by atoms with E-state index in [1.807, 2.05) is 11.7 Å². The molecule has 0 saturated carbocycles. The van der Waals surface area contributed by atoms with Crippen LogP contribution < -0.4 is 5.32 Å². The van der Waals surface area contributed by atoms with Crippen LogP contribution in [0.5, 0.6) is 0 Å². The predicted molar refractivity (Wildman–Crippen MR) is 84.4 cm³/mol. The topological polar surface area (TPSA) is 37.4 Å². The summed E-state index contributed by atoms with van der Waals surface area (Å²) in [5, 5.41) is 3.67. The number of nitrogens with one attached hydrogen (secondary N) is 1. The van der Waals surface area contributed by atoms with Gasteiger partial charge in [0, 0.05) is 36.6 Å². The first-order valence-electron chi connectivity index (χ1n) is 7.78. The molecule has 1 fully saturated rings. The molecule has 1 saturated heterocycles. The Morgan fingerprint density at radius 3 is 3.10 bits per heavy atom. The van der Waals surface area contributed by atoms with Gasteiger partial charge in [0.25, 0.3) is 0 Å². The first-order chi connectivity index (χ1) is 9.83. The summed E-state index contributed by atoms with van der Waals surface area (Å²) in [6, 6.07) is 0.398. The average molecular weight is 297 g/mol. The highest BCUT2D eigenvalue weighted by molar-refractivity contribution is 7.09. The molecule has 0 aromatic carbocycles. The fourth-order valence-corrected chi connectivity index (χ4v) is 3.37. The number of morpholine rings is 1. The summed E-state index contributed by atoms with van der Waals surface area (Å²) < 4.78 is 6.04. The number of ether oxygens (including phenoxy) is 1. The van der Waals surface area contributed by atoms with Crippen LogP contribution in [-0.2, 0) is 11.2 Å². The zero-order valence-corrected chi connectivity index (χ0v) is 13.5. The summed E-state index contributed by atoms with van der Waals surface area (Å²) in [5.74, 6) is 0. The molecule has 0 spiro atoms. The smallest absolute Gasteiger partial charge is 0.0858 e. The number of thiazole rings is 1. The van der Waals surface area contributed by atoms with Gasteiger partial charge in [0.2, 0.25) is 0 Å². The summed E-state index contributed by atoms with van der Waals surface area (Å²) in [6.45, 7) is 9.67. The van der Waals surface area contributed by atoms with E-state index in [2.05, 4.69) is 29.0 Å². The van der Waals surface area contributed by atoms with Gasteiger partial charge in [-0.2, -0.15) is 0 Å². The summed E-state index contributed by atoms with van der Waals surface area (Å²) in [4.78, 5) is 8.06. The van der Waals surface area contributed by atoms with Gasteiger partial charge in [-0.25, -0.2) is 0 Å². The SMILES string of the molecule is CCCNC(Cc1cncs1)C1CN(CCC)CCO1. The molecule has 0 aliphatic carbocycles. The van der Waals surface area contributed by atoms with Crippen LogP contribution in [0.4, 0.5) is 0 Å². The Hall–Kier alpha value is -0.490. The standard InChI is InChI=1S/C15H27N3OS/c1-3-5-17-14(9-13-10-16-12-20-13)15-11-18(6-4-2)7-8-19-15/h10,12,14-15,17H,3-9,11H2,1-2H3. The van der Waals surface area contributed by atoms with Crippen molar-refractivity contribution in [2.45, 2.75) is 45.3 Å². The lowest BCUT2D eigenvalue weighted by molar-refractivity contribution is -0.0460. The van der Waals surface area contributed by atoms with Gasteiger partial charge in [0.15, 0.2) is 0 Å². The third-order valence-electron chi connectivity index (χ3n) is 3.73. The molecule has 5 heteroatoms. The molecule has 20 heavy (non-hydrogen) atoms. The van der Waals surface area contributed by atoms with Crippen molar-refractivity contribution in [1.82, 2.24) is 15.2 Å². The highest BCUT2D eigenvalue weighted by Crippen LogP contribution is 2.16. The third kappa shape index (κ3) is 4.81. The largest absolute Gasteiger partial charge is 0.374 e. The molecule has 1 aliphatic heterocycles. The highest BCUT2D eigenvalue weighted by atomic mass is 32.1. The number of nitrogens with zero attached hydrogens (tertiary/aromatic N) is 2. The first-order valence-corrected chi connectivity index (χ1v) is 8.66. The van der Waals surface area contributed by atoms with Crippen molar-refractivity contribution in [2.75, 3.05) is 32.8 Å². The monoisotopic (exact) mass is 297 g/mol. The van der Waals surface area contributed by atoms with Crippen molar-refractivity contribution in [1.29, 1.82) is 0 Å². The van der Waals surface area contributed by atoms with E-state index in [4.69, 9.17) is 4.74 Å². The Balaban J connectivity index is 1.93. The molecule has 114 valence electrons. The molecule has 0 radical (unpaired) electrons. The highest BCUT2D eigenvalue weighted by Gasteiger charge is 2.27. The predicted octanol–water partition coefficient (Wildman–Crippen LogP) is 2.16. The van der Waals surface area contributed by atoms with Gasteiger partial charge in [0.05, 0.1) is 18.2 Å². The summed E-state index contributed by atoms with van der Waals surface area (Å²) in [5.41, 5.74) is 1.91. The minimum atomic E-state index is 0.295. The molecule has 4 nitrogen and oxygen atoms in total. The van der Waals surface area contributed by atoms with Crippen LogP contribution in [-0.4, -0.2) is 54.8 Å². The fourth-order valence-electron chi connectivity index (χ4n) is 2.72. The van der Waals surface area contributed by atoms with Crippen LogP contribution in [0.2, 0.25) is 0 Å². The van der Waals surface area contributed by atoms with Gasteiger partial charge >= 0.3 is 0 Å². The zero-order valence-electron chi connectivity index (χ0n) is 12.7. The third-order valence-corrected chi connectivity index (χ3v) is 4.53. The lowest BCUT2D eigenvalue weighted by Crippen LogP contribution is -2.53. The van der Waals surface area contributed by atoms with Gasteiger partial charge < -0.3 is 10.1 Å². The van der Waals surface area contributed by atoms with E-state index in [0.29, 0.717) is 12.1 Å². The molecule has 2 unspecified atom stereocenters. The Labute approximate surface area is 126 Å². The Morgan fingerprint density at radius 1 is 1.50 bits per heavy atom. The number of hydrogen-bond donors (Lipinski definition) is 1. The van der Waals surface area contributed by atoms with Crippen LogP contribution in [0.3, 0.4) is 0 Å². The summed E-state index contributed by atoms with van der Waals surface area (Å²) in [6.07, 6.45) is 5.68. The maximum Gasteiger partial charge on any atom is 0.0858 e. The van der Waals surface area contributed by atoms with E-state index in [9.17, 15) is 0 Å². The Bertz CT molecular complexity index is 356. The van der Waals surface area contributed by atoms with Gasteiger partial charge in [-0.3, -0.25) is 9.88 Å². The van der Waals surface area contributed by atoms with Crippen molar-refractivity contribution in [3.8, 4) is 0 Å². The van der Waals surface area contributed by atoms with Crippen molar-refractivity contribution < 1.29 is 4.74 Å². The quantitative estimate of drug-likeness (QED) is 0.798. The number of aromatic nitrogens is 1. The molecule has 0 amide bonds. The second kappa shape index (κ2) is 8.72. The molecular weight excluding hydrogens is 270 g/mol. The fraction of sp³-hybridized carbons (Fsp3) is 0.800.